The van der Waals surface area contributed by atoms with E-state index in [2.05, 4.69) is 4.57 Å². The molecule has 0 bridgehead atoms. The molecule has 3 aromatic carbocycles. The summed E-state index contributed by atoms with van der Waals surface area (Å²) in [4.78, 5) is 48.2. The Hall–Kier alpha value is -5.22. The monoisotopic (exact) mass is 676 g/mol. The third-order valence-corrected chi connectivity index (χ3v) is 10.1. The summed E-state index contributed by atoms with van der Waals surface area (Å²) < 4.78 is 15.3. The van der Waals surface area contributed by atoms with Gasteiger partial charge in [-0.05, 0) is 100 Å². The number of hydrogen-bond acceptors (Lipinski definition) is 7. The SMILES string of the molecule is CCOC(=O)c1ccc(-n2c(C)cc(/C=c3/sc4n(c3=O)[C@H](c3c(OC)ccc5ccccc35)C(C(=O)N(CC)CC)=C(C)N=4)c2C)cc1. The van der Waals surface area contributed by atoms with Gasteiger partial charge >= 0.3 is 5.97 Å². The molecule has 9 nitrogen and oxygen atoms in total. The Morgan fingerprint density at radius 3 is 2.37 bits per heavy atom. The van der Waals surface area contributed by atoms with Gasteiger partial charge in [0.2, 0.25) is 0 Å². The van der Waals surface area contributed by atoms with E-state index in [-0.39, 0.29) is 17.4 Å². The van der Waals surface area contributed by atoms with Crippen molar-refractivity contribution in [3.05, 3.63) is 126 Å². The Kier molecular flexibility index (Phi) is 9.43. The summed E-state index contributed by atoms with van der Waals surface area (Å²) in [5.41, 5.74) is 5.73. The largest absolute Gasteiger partial charge is 0.496 e. The zero-order valence-electron chi connectivity index (χ0n) is 28.9. The number of methoxy groups -OCH3 is 1. The molecular formula is C39H40N4O5S. The number of amides is 1. The van der Waals surface area contributed by atoms with E-state index in [1.807, 2.05) is 95.3 Å². The van der Waals surface area contributed by atoms with Crippen molar-refractivity contribution in [1.82, 2.24) is 14.0 Å². The standard InChI is InChI=1S/C39H40N4O5S/c1-8-41(9-2)37(45)33-24(5)40-39-43(35(33)34-30-14-12-11-13-26(30)17-20-31(34)47-7)36(44)32(49-39)22-28-21-23(4)42(25(28)6)29-18-15-27(16-19-29)38(46)48-10-3/h11-22,35H,8-10H2,1-7H3/b32-22+/t35-/m0/s1. The maximum absolute atomic E-state index is 14.6. The van der Waals surface area contributed by atoms with Crippen molar-refractivity contribution in [2.45, 2.75) is 47.6 Å². The highest BCUT2D eigenvalue weighted by atomic mass is 32.1. The molecule has 2 aromatic heterocycles. The number of allylic oxidation sites excluding steroid dienone is 1. The Morgan fingerprint density at radius 1 is 0.980 bits per heavy atom. The number of aromatic nitrogens is 2. The maximum atomic E-state index is 14.6. The van der Waals surface area contributed by atoms with E-state index < -0.39 is 6.04 Å². The van der Waals surface area contributed by atoms with Crippen LogP contribution in [0.3, 0.4) is 0 Å². The molecule has 1 aliphatic rings. The van der Waals surface area contributed by atoms with Crippen LogP contribution in [0.5, 0.6) is 5.75 Å². The Bertz CT molecular complexity index is 2310. The number of hydrogen-bond donors (Lipinski definition) is 0. The van der Waals surface area contributed by atoms with Gasteiger partial charge in [-0.3, -0.25) is 14.2 Å². The average molecular weight is 677 g/mol. The Morgan fingerprint density at radius 2 is 1.69 bits per heavy atom. The first-order chi connectivity index (χ1) is 23.6. The molecule has 49 heavy (non-hydrogen) atoms. The molecule has 0 N–H and O–H groups in total. The van der Waals surface area contributed by atoms with Gasteiger partial charge in [0.25, 0.3) is 11.5 Å². The van der Waals surface area contributed by atoms with E-state index in [1.54, 1.807) is 35.6 Å². The number of aryl methyl sites for hydroxylation is 1. The topological polar surface area (TPSA) is 95.1 Å². The second-order valence-electron chi connectivity index (χ2n) is 11.9. The number of thiazole rings is 1. The highest BCUT2D eigenvalue weighted by Crippen LogP contribution is 2.40. The molecular weight excluding hydrogens is 637 g/mol. The third-order valence-electron chi connectivity index (χ3n) is 9.12. The molecule has 3 heterocycles. The van der Waals surface area contributed by atoms with Gasteiger partial charge < -0.3 is 18.9 Å². The van der Waals surface area contributed by atoms with Crippen LogP contribution in [0.4, 0.5) is 0 Å². The summed E-state index contributed by atoms with van der Waals surface area (Å²) in [6.07, 6.45) is 1.90. The van der Waals surface area contributed by atoms with Gasteiger partial charge in [-0.25, -0.2) is 9.79 Å². The van der Waals surface area contributed by atoms with E-state index >= 15 is 0 Å². The molecule has 1 amide bonds. The van der Waals surface area contributed by atoms with Crippen LogP contribution in [-0.2, 0) is 9.53 Å². The van der Waals surface area contributed by atoms with Gasteiger partial charge in [0.1, 0.15) is 11.8 Å². The number of rotatable bonds is 9. The van der Waals surface area contributed by atoms with Crippen LogP contribution in [0, 0.1) is 13.8 Å². The molecule has 0 spiro atoms. The zero-order valence-corrected chi connectivity index (χ0v) is 29.7. The van der Waals surface area contributed by atoms with Gasteiger partial charge in [0, 0.05) is 35.7 Å². The fourth-order valence-corrected chi connectivity index (χ4v) is 7.76. The van der Waals surface area contributed by atoms with Crippen molar-refractivity contribution in [2.75, 3.05) is 26.8 Å². The summed E-state index contributed by atoms with van der Waals surface area (Å²) in [5.74, 6) is 0.0797. The minimum Gasteiger partial charge on any atom is -0.496 e. The minimum atomic E-state index is -0.752. The predicted octanol–water partition coefficient (Wildman–Crippen LogP) is 5.85. The van der Waals surface area contributed by atoms with E-state index in [9.17, 15) is 14.4 Å². The van der Waals surface area contributed by atoms with Gasteiger partial charge in [0.05, 0.1) is 35.1 Å². The molecule has 0 fully saturated rings. The molecule has 10 heteroatoms. The molecule has 0 unspecified atom stereocenters. The number of carbonyl (C=O) groups excluding carboxylic acids is 2. The van der Waals surface area contributed by atoms with Crippen LogP contribution in [-0.4, -0.2) is 52.7 Å². The Labute approximate surface area is 289 Å². The lowest BCUT2D eigenvalue weighted by molar-refractivity contribution is -0.127. The first kappa shape index (κ1) is 33.7. The summed E-state index contributed by atoms with van der Waals surface area (Å²) in [6.45, 7) is 12.9. The van der Waals surface area contributed by atoms with E-state index in [4.69, 9.17) is 14.5 Å². The third kappa shape index (κ3) is 5.90. The highest BCUT2D eigenvalue weighted by molar-refractivity contribution is 7.07. The van der Waals surface area contributed by atoms with Gasteiger partial charge in [-0.1, -0.05) is 41.7 Å². The van der Waals surface area contributed by atoms with Crippen LogP contribution in [0.2, 0.25) is 0 Å². The normalized spacial score (nSPS) is 14.5. The van der Waals surface area contributed by atoms with Gasteiger partial charge in [-0.2, -0.15) is 0 Å². The fourth-order valence-electron chi connectivity index (χ4n) is 6.72. The lowest BCUT2D eigenvalue weighted by Crippen LogP contribution is -2.43. The van der Waals surface area contributed by atoms with Crippen molar-refractivity contribution in [1.29, 1.82) is 0 Å². The molecule has 0 radical (unpaired) electrons. The zero-order chi connectivity index (χ0) is 35.0. The second-order valence-corrected chi connectivity index (χ2v) is 12.9. The molecule has 1 aliphatic heterocycles. The lowest BCUT2D eigenvalue weighted by Gasteiger charge is -2.30. The van der Waals surface area contributed by atoms with Crippen molar-refractivity contribution in [3.8, 4) is 11.4 Å². The van der Waals surface area contributed by atoms with Gasteiger partial charge in [0.15, 0.2) is 4.80 Å². The molecule has 0 aliphatic carbocycles. The van der Waals surface area contributed by atoms with E-state index in [1.165, 1.54) is 11.3 Å². The first-order valence-corrected chi connectivity index (χ1v) is 17.3. The van der Waals surface area contributed by atoms with Crippen molar-refractivity contribution in [3.63, 3.8) is 0 Å². The number of carbonyl (C=O) groups is 2. The van der Waals surface area contributed by atoms with Crippen LogP contribution in [0.1, 0.15) is 66.6 Å². The number of ether oxygens (including phenoxy) is 2. The molecule has 0 saturated carbocycles. The number of fused-ring (bicyclic) bond motifs is 2. The molecule has 5 aromatic rings. The van der Waals surface area contributed by atoms with Crippen LogP contribution >= 0.6 is 11.3 Å². The molecule has 0 saturated heterocycles. The second kappa shape index (κ2) is 13.7. The summed E-state index contributed by atoms with van der Waals surface area (Å²) in [6, 6.07) is 20.4. The van der Waals surface area contributed by atoms with Crippen molar-refractivity contribution < 1.29 is 19.1 Å². The predicted molar refractivity (Wildman–Crippen MR) is 193 cm³/mol. The smallest absolute Gasteiger partial charge is 0.338 e. The fraction of sp³-hybridized carbons (Fsp3) is 0.282. The molecule has 1 atom stereocenters. The summed E-state index contributed by atoms with van der Waals surface area (Å²) in [5, 5.41) is 1.88. The maximum Gasteiger partial charge on any atom is 0.338 e. The number of nitrogens with zero attached hydrogens (tertiary/aromatic N) is 4. The van der Waals surface area contributed by atoms with Crippen LogP contribution in [0.15, 0.2) is 87.8 Å². The van der Waals surface area contributed by atoms with E-state index in [0.717, 1.165) is 39.0 Å². The number of benzene rings is 3. The molecule has 252 valence electrons. The van der Waals surface area contributed by atoms with Crippen LogP contribution < -0.4 is 19.6 Å². The quantitative estimate of drug-likeness (QED) is 0.183. The number of likely N-dealkylation sites (N-methyl/N-ethyl adjacent to an activating group) is 1. The van der Waals surface area contributed by atoms with Crippen molar-refractivity contribution >= 4 is 40.1 Å². The first-order valence-electron chi connectivity index (χ1n) is 16.5. The lowest BCUT2D eigenvalue weighted by atomic mass is 9.90. The number of esters is 1. The highest BCUT2D eigenvalue weighted by Gasteiger charge is 2.36. The average Bonchev–Trinajstić information content (AvgIpc) is 3.56. The summed E-state index contributed by atoms with van der Waals surface area (Å²) >= 11 is 1.31. The minimum absolute atomic E-state index is 0.155. The van der Waals surface area contributed by atoms with Gasteiger partial charge in [-0.15, -0.1) is 0 Å². The van der Waals surface area contributed by atoms with E-state index in [0.29, 0.717) is 51.6 Å². The van der Waals surface area contributed by atoms with Crippen LogP contribution in [0.25, 0.3) is 22.5 Å². The molecule has 6 rings (SSSR count). The summed E-state index contributed by atoms with van der Waals surface area (Å²) in [7, 11) is 1.61. The van der Waals surface area contributed by atoms with Crippen molar-refractivity contribution in [2.24, 2.45) is 4.99 Å². The Balaban J connectivity index is 1.54.